The van der Waals surface area contributed by atoms with Crippen LogP contribution in [0.2, 0.25) is 0 Å². The second-order valence-electron chi connectivity index (χ2n) is 3.00. The van der Waals surface area contributed by atoms with Crippen LogP contribution in [-0.2, 0) is 0 Å². The number of rotatable bonds is 2. The second-order valence-corrected chi connectivity index (χ2v) is 3.85. The van der Waals surface area contributed by atoms with Crippen LogP contribution in [0.4, 0.5) is 17.6 Å². The van der Waals surface area contributed by atoms with Crippen LogP contribution in [0.25, 0.3) is 0 Å². The standard InChI is InChI=1S/C9H8BrF4N/c10-8-2-1-5(11)3-6(8)7(4-15)9(12,13)14/h1-3,7H,4,15H2. The van der Waals surface area contributed by atoms with Crippen molar-refractivity contribution < 1.29 is 17.6 Å². The molecule has 0 aliphatic carbocycles. The topological polar surface area (TPSA) is 26.0 Å². The zero-order valence-corrected chi connectivity index (χ0v) is 9.07. The molecular weight excluding hydrogens is 278 g/mol. The Bertz CT molecular complexity index is 350. The summed E-state index contributed by atoms with van der Waals surface area (Å²) < 4.78 is 50.5. The van der Waals surface area contributed by atoms with Crippen LogP contribution in [-0.4, -0.2) is 12.7 Å². The molecule has 0 heterocycles. The zero-order valence-electron chi connectivity index (χ0n) is 7.48. The van der Waals surface area contributed by atoms with E-state index in [1.807, 2.05) is 0 Å². The van der Waals surface area contributed by atoms with E-state index in [9.17, 15) is 17.6 Å². The summed E-state index contributed by atoms with van der Waals surface area (Å²) in [6, 6.07) is 3.16. The van der Waals surface area contributed by atoms with Gasteiger partial charge in [-0.25, -0.2) is 4.39 Å². The van der Waals surface area contributed by atoms with Crippen molar-refractivity contribution in [3.63, 3.8) is 0 Å². The molecule has 0 bridgehead atoms. The van der Waals surface area contributed by atoms with E-state index in [1.165, 1.54) is 6.07 Å². The smallest absolute Gasteiger partial charge is 0.330 e. The van der Waals surface area contributed by atoms with Gasteiger partial charge in [-0.15, -0.1) is 0 Å². The normalized spacial score (nSPS) is 14.0. The molecule has 1 aromatic carbocycles. The molecule has 2 N–H and O–H groups in total. The summed E-state index contributed by atoms with van der Waals surface area (Å²) >= 11 is 2.94. The molecule has 15 heavy (non-hydrogen) atoms. The van der Waals surface area contributed by atoms with E-state index in [2.05, 4.69) is 15.9 Å². The molecule has 0 aromatic heterocycles. The lowest BCUT2D eigenvalue weighted by Crippen LogP contribution is -2.28. The zero-order chi connectivity index (χ0) is 11.6. The van der Waals surface area contributed by atoms with Gasteiger partial charge in [-0.2, -0.15) is 13.2 Å². The Kier molecular flexibility index (Phi) is 3.72. The third-order valence-electron chi connectivity index (χ3n) is 1.96. The first-order chi connectivity index (χ1) is 6.86. The highest BCUT2D eigenvalue weighted by Crippen LogP contribution is 2.37. The first kappa shape index (κ1) is 12.4. The first-order valence-corrected chi connectivity index (χ1v) is 4.87. The molecule has 84 valence electrons. The van der Waals surface area contributed by atoms with Crippen molar-refractivity contribution in [2.45, 2.75) is 12.1 Å². The monoisotopic (exact) mass is 285 g/mol. The fourth-order valence-electron chi connectivity index (χ4n) is 1.22. The average molecular weight is 286 g/mol. The van der Waals surface area contributed by atoms with E-state index in [-0.39, 0.29) is 10.0 Å². The number of hydrogen-bond donors (Lipinski definition) is 1. The van der Waals surface area contributed by atoms with Crippen LogP contribution < -0.4 is 5.73 Å². The molecular formula is C9H8BrF4N. The van der Waals surface area contributed by atoms with Crippen LogP contribution in [0.5, 0.6) is 0 Å². The Hall–Kier alpha value is -0.620. The van der Waals surface area contributed by atoms with Crippen molar-refractivity contribution in [2.24, 2.45) is 5.73 Å². The third-order valence-corrected chi connectivity index (χ3v) is 2.69. The fraction of sp³-hybridized carbons (Fsp3) is 0.333. The Morgan fingerprint density at radius 2 is 1.93 bits per heavy atom. The number of hydrogen-bond acceptors (Lipinski definition) is 1. The van der Waals surface area contributed by atoms with Gasteiger partial charge in [0.25, 0.3) is 0 Å². The van der Waals surface area contributed by atoms with E-state index in [4.69, 9.17) is 5.73 Å². The Labute approximate surface area is 92.4 Å². The van der Waals surface area contributed by atoms with Gasteiger partial charge in [0.2, 0.25) is 0 Å². The number of benzene rings is 1. The SMILES string of the molecule is NCC(c1cc(F)ccc1Br)C(F)(F)F. The summed E-state index contributed by atoms with van der Waals surface area (Å²) in [4.78, 5) is 0. The molecule has 0 fully saturated rings. The lowest BCUT2D eigenvalue weighted by atomic mass is 9.99. The maximum atomic E-state index is 12.8. The number of halogens is 5. The highest BCUT2D eigenvalue weighted by atomic mass is 79.9. The van der Waals surface area contributed by atoms with Gasteiger partial charge in [0.1, 0.15) is 5.82 Å². The molecule has 1 rings (SSSR count). The highest BCUT2D eigenvalue weighted by molar-refractivity contribution is 9.10. The van der Waals surface area contributed by atoms with Crippen molar-refractivity contribution in [1.82, 2.24) is 0 Å². The molecule has 0 aliphatic heterocycles. The van der Waals surface area contributed by atoms with Crippen molar-refractivity contribution in [2.75, 3.05) is 6.54 Å². The molecule has 6 heteroatoms. The van der Waals surface area contributed by atoms with Gasteiger partial charge < -0.3 is 5.73 Å². The maximum absolute atomic E-state index is 12.8. The molecule has 0 radical (unpaired) electrons. The van der Waals surface area contributed by atoms with Crippen LogP contribution >= 0.6 is 15.9 Å². The molecule has 0 saturated heterocycles. The average Bonchev–Trinajstić information content (AvgIpc) is 2.10. The molecule has 1 unspecified atom stereocenters. The van der Waals surface area contributed by atoms with Crippen molar-refractivity contribution in [1.29, 1.82) is 0 Å². The van der Waals surface area contributed by atoms with Gasteiger partial charge in [0.15, 0.2) is 0 Å². The lowest BCUT2D eigenvalue weighted by Gasteiger charge is -2.20. The molecule has 1 aromatic rings. The highest BCUT2D eigenvalue weighted by Gasteiger charge is 2.40. The summed E-state index contributed by atoms with van der Waals surface area (Å²) in [7, 11) is 0. The molecule has 1 atom stereocenters. The van der Waals surface area contributed by atoms with E-state index >= 15 is 0 Å². The predicted octanol–water partition coefficient (Wildman–Crippen LogP) is 3.19. The second kappa shape index (κ2) is 4.49. The van der Waals surface area contributed by atoms with Crippen LogP contribution in [0, 0.1) is 5.82 Å². The predicted molar refractivity (Wildman–Crippen MR) is 52.0 cm³/mol. The van der Waals surface area contributed by atoms with E-state index < -0.39 is 24.5 Å². The van der Waals surface area contributed by atoms with Gasteiger partial charge in [-0.3, -0.25) is 0 Å². The van der Waals surface area contributed by atoms with Crippen LogP contribution in [0.15, 0.2) is 22.7 Å². The lowest BCUT2D eigenvalue weighted by molar-refractivity contribution is -0.148. The van der Waals surface area contributed by atoms with Crippen molar-refractivity contribution in [3.8, 4) is 0 Å². The van der Waals surface area contributed by atoms with Gasteiger partial charge in [-0.05, 0) is 23.8 Å². The quantitative estimate of drug-likeness (QED) is 0.830. The van der Waals surface area contributed by atoms with Crippen molar-refractivity contribution >= 4 is 15.9 Å². The van der Waals surface area contributed by atoms with E-state index in [1.54, 1.807) is 0 Å². The Balaban J connectivity index is 3.18. The molecule has 0 amide bonds. The van der Waals surface area contributed by atoms with E-state index in [0.717, 1.165) is 12.1 Å². The molecule has 0 saturated carbocycles. The maximum Gasteiger partial charge on any atom is 0.396 e. The fourth-order valence-corrected chi connectivity index (χ4v) is 1.74. The summed E-state index contributed by atoms with van der Waals surface area (Å²) in [5, 5.41) is 0. The van der Waals surface area contributed by atoms with E-state index in [0.29, 0.717) is 0 Å². The molecule has 0 spiro atoms. The Morgan fingerprint density at radius 1 is 1.33 bits per heavy atom. The number of nitrogens with two attached hydrogens (primary N) is 1. The Morgan fingerprint density at radius 3 is 2.40 bits per heavy atom. The van der Waals surface area contributed by atoms with Crippen LogP contribution in [0.3, 0.4) is 0 Å². The van der Waals surface area contributed by atoms with Gasteiger partial charge in [-0.1, -0.05) is 15.9 Å². The minimum absolute atomic E-state index is 0.176. The van der Waals surface area contributed by atoms with Crippen LogP contribution in [0.1, 0.15) is 11.5 Å². The summed E-state index contributed by atoms with van der Waals surface area (Å²) in [6.07, 6.45) is -4.47. The third kappa shape index (κ3) is 2.92. The molecule has 1 nitrogen and oxygen atoms in total. The number of alkyl halides is 3. The minimum Gasteiger partial charge on any atom is -0.330 e. The minimum atomic E-state index is -4.47. The van der Waals surface area contributed by atoms with Gasteiger partial charge >= 0.3 is 6.18 Å². The summed E-state index contributed by atoms with van der Waals surface area (Å²) in [5.74, 6) is -2.56. The van der Waals surface area contributed by atoms with Gasteiger partial charge in [0, 0.05) is 11.0 Å². The van der Waals surface area contributed by atoms with Gasteiger partial charge in [0.05, 0.1) is 5.92 Å². The molecule has 0 aliphatic rings. The summed E-state index contributed by atoms with van der Waals surface area (Å²) in [6.45, 7) is -0.606. The van der Waals surface area contributed by atoms with Crippen molar-refractivity contribution in [3.05, 3.63) is 34.1 Å². The largest absolute Gasteiger partial charge is 0.396 e. The summed E-state index contributed by atoms with van der Waals surface area (Å²) in [5.41, 5.74) is 4.87. The first-order valence-electron chi connectivity index (χ1n) is 4.08.